The average molecular weight is 403 g/mol. The van der Waals surface area contributed by atoms with Crippen LogP contribution in [0.15, 0.2) is 70.8 Å². The van der Waals surface area contributed by atoms with E-state index in [2.05, 4.69) is 59.7 Å². The van der Waals surface area contributed by atoms with Gasteiger partial charge in [0.1, 0.15) is 6.04 Å². The van der Waals surface area contributed by atoms with E-state index < -0.39 is 0 Å². The number of ether oxygens (including phenoxy) is 1. The highest BCUT2D eigenvalue weighted by Gasteiger charge is 2.42. The summed E-state index contributed by atoms with van der Waals surface area (Å²) in [6.45, 7) is 4.02. The van der Waals surface area contributed by atoms with Gasteiger partial charge in [0, 0.05) is 23.7 Å². The zero-order chi connectivity index (χ0) is 20.7. The van der Waals surface area contributed by atoms with Crippen molar-refractivity contribution in [1.29, 1.82) is 0 Å². The molecule has 0 saturated heterocycles. The van der Waals surface area contributed by atoms with Gasteiger partial charge in [0.15, 0.2) is 0 Å². The topological polar surface area (TPSA) is 63.2 Å². The Kier molecular flexibility index (Phi) is 4.86. The highest BCUT2D eigenvalue weighted by Crippen LogP contribution is 2.42. The molecule has 2 heterocycles. The van der Waals surface area contributed by atoms with Gasteiger partial charge < -0.3 is 15.4 Å². The van der Waals surface area contributed by atoms with Crippen molar-refractivity contribution >= 4 is 11.9 Å². The van der Waals surface area contributed by atoms with E-state index in [-0.39, 0.29) is 23.7 Å². The van der Waals surface area contributed by atoms with Crippen LogP contribution in [0.1, 0.15) is 56.7 Å². The number of hydrogen-bond acceptors (Lipinski definition) is 5. The third-order valence-electron chi connectivity index (χ3n) is 6.60. The number of aliphatic imine (C=N–C) groups is 2. The molecule has 0 bridgehead atoms. The third-order valence-corrected chi connectivity index (χ3v) is 6.60. The SMILES string of the molecule is CC(C)OC1=NC2=NC(c3ccc(C4(N)CCC4)cc3)C(C3C=CC=CC3)N2C=C1. The van der Waals surface area contributed by atoms with Gasteiger partial charge in [-0.15, -0.1) is 0 Å². The van der Waals surface area contributed by atoms with Crippen molar-refractivity contribution in [2.45, 2.75) is 63.3 Å². The van der Waals surface area contributed by atoms with E-state index in [4.69, 9.17) is 20.5 Å². The fourth-order valence-corrected chi connectivity index (χ4v) is 4.82. The Balaban J connectivity index is 1.47. The van der Waals surface area contributed by atoms with E-state index in [1.165, 1.54) is 17.5 Å². The molecule has 1 aromatic carbocycles. The molecule has 30 heavy (non-hydrogen) atoms. The summed E-state index contributed by atoms with van der Waals surface area (Å²) >= 11 is 0. The molecular weight excluding hydrogens is 372 g/mol. The number of nitrogens with two attached hydrogens (primary N) is 1. The van der Waals surface area contributed by atoms with Crippen molar-refractivity contribution in [1.82, 2.24) is 4.90 Å². The molecule has 4 aliphatic rings. The Morgan fingerprint density at radius 1 is 1.17 bits per heavy atom. The number of guanidine groups is 1. The third kappa shape index (κ3) is 3.41. The lowest BCUT2D eigenvalue weighted by Gasteiger charge is -2.39. The maximum Gasteiger partial charge on any atom is 0.229 e. The monoisotopic (exact) mass is 402 g/mol. The van der Waals surface area contributed by atoms with Crippen molar-refractivity contribution in [2.24, 2.45) is 21.6 Å². The van der Waals surface area contributed by atoms with Gasteiger partial charge in [0.25, 0.3) is 0 Å². The number of hydrogen-bond donors (Lipinski definition) is 1. The van der Waals surface area contributed by atoms with E-state index in [1.807, 2.05) is 19.9 Å². The smallest absolute Gasteiger partial charge is 0.229 e. The minimum atomic E-state index is -0.135. The van der Waals surface area contributed by atoms with Gasteiger partial charge in [-0.1, -0.05) is 48.6 Å². The molecule has 0 radical (unpaired) electrons. The van der Waals surface area contributed by atoms with Crippen LogP contribution >= 0.6 is 0 Å². The molecule has 3 unspecified atom stereocenters. The van der Waals surface area contributed by atoms with E-state index in [0.717, 1.165) is 25.2 Å². The van der Waals surface area contributed by atoms with Crippen LogP contribution in [0.3, 0.4) is 0 Å². The predicted octanol–water partition coefficient (Wildman–Crippen LogP) is 4.59. The molecule has 5 rings (SSSR count). The second kappa shape index (κ2) is 7.55. The summed E-state index contributed by atoms with van der Waals surface area (Å²) in [6, 6.07) is 9.05. The highest BCUT2D eigenvalue weighted by molar-refractivity contribution is 6.02. The van der Waals surface area contributed by atoms with Gasteiger partial charge in [0.2, 0.25) is 11.9 Å². The molecule has 1 aromatic rings. The summed E-state index contributed by atoms with van der Waals surface area (Å²) in [5, 5.41) is 0. The van der Waals surface area contributed by atoms with E-state index in [9.17, 15) is 0 Å². The highest BCUT2D eigenvalue weighted by atomic mass is 16.5. The second-order valence-corrected chi connectivity index (χ2v) is 9.05. The van der Waals surface area contributed by atoms with Crippen LogP contribution in [0.4, 0.5) is 0 Å². The Morgan fingerprint density at radius 3 is 2.60 bits per heavy atom. The summed E-state index contributed by atoms with van der Waals surface area (Å²) in [5.41, 5.74) is 8.85. The Bertz CT molecular complexity index is 950. The largest absolute Gasteiger partial charge is 0.475 e. The van der Waals surface area contributed by atoms with Crippen LogP contribution in [-0.4, -0.2) is 28.9 Å². The van der Waals surface area contributed by atoms with Crippen molar-refractivity contribution in [3.8, 4) is 0 Å². The molecule has 2 N–H and O–H groups in total. The Hall–Kier alpha value is -2.66. The minimum Gasteiger partial charge on any atom is -0.475 e. The molecule has 0 spiro atoms. The van der Waals surface area contributed by atoms with Crippen molar-refractivity contribution in [3.63, 3.8) is 0 Å². The van der Waals surface area contributed by atoms with Gasteiger partial charge in [-0.2, -0.15) is 4.99 Å². The number of rotatable bonds is 4. The van der Waals surface area contributed by atoms with Crippen molar-refractivity contribution in [3.05, 3.63) is 72.0 Å². The van der Waals surface area contributed by atoms with Gasteiger partial charge in [-0.3, -0.25) is 0 Å². The molecule has 0 aromatic heterocycles. The van der Waals surface area contributed by atoms with Crippen LogP contribution in [0.25, 0.3) is 0 Å². The molecule has 1 saturated carbocycles. The van der Waals surface area contributed by atoms with Crippen LogP contribution < -0.4 is 5.73 Å². The minimum absolute atomic E-state index is 0.0251. The van der Waals surface area contributed by atoms with Crippen molar-refractivity contribution < 1.29 is 4.74 Å². The van der Waals surface area contributed by atoms with Gasteiger partial charge in [-0.05, 0) is 50.7 Å². The molecule has 5 nitrogen and oxygen atoms in total. The second-order valence-electron chi connectivity index (χ2n) is 9.05. The molecule has 2 aliphatic carbocycles. The summed E-state index contributed by atoms with van der Waals surface area (Å²) in [4.78, 5) is 12.0. The zero-order valence-corrected chi connectivity index (χ0v) is 17.7. The first-order valence-corrected chi connectivity index (χ1v) is 11.1. The molecule has 0 amide bonds. The van der Waals surface area contributed by atoms with Gasteiger partial charge >= 0.3 is 0 Å². The average Bonchev–Trinajstić information content (AvgIpc) is 3.11. The number of allylic oxidation sites excluding steroid dienone is 3. The molecular formula is C25H30N4O. The van der Waals surface area contributed by atoms with E-state index in [1.54, 1.807) is 0 Å². The quantitative estimate of drug-likeness (QED) is 0.801. The zero-order valence-electron chi connectivity index (χ0n) is 17.7. The summed E-state index contributed by atoms with van der Waals surface area (Å²) in [7, 11) is 0. The Labute approximate surface area is 178 Å². The van der Waals surface area contributed by atoms with E-state index in [0.29, 0.717) is 11.8 Å². The maximum atomic E-state index is 6.53. The summed E-state index contributed by atoms with van der Waals surface area (Å²) in [5.74, 6) is 1.74. The first-order valence-electron chi connectivity index (χ1n) is 11.1. The van der Waals surface area contributed by atoms with Crippen LogP contribution in [0, 0.1) is 5.92 Å². The number of nitrogens with zero attached hydrogens (tertiary/aromatic N) is 3. The van der Waals surface area contributed by atoms with Crippen molar-refractivity contribution in [2.75, 3.05) is 0 Å². The standard InChI is InChI=1S/C25H30N4O/c1-17(2)30-21-13-16-29-23(19-7-4-3-5-8-19)22(28-24(29)27-21)18-9-11-20(12-10-18)25(26)14-6-15-25/h3-5,7,9-13,16-17,19,22-23H,6,8,14-15,26H2,1-2H3. The molecule has 2 aliphatic heterocycles. The fourth-order valence-electron chi connectivity index (χ4n) is 4.82. The summed E-state index contributed by atoms with van der Waals surface area (Å²) < 4.78 is 5.81. The van der Waals surface area contributed by atoms with Gasteiger partial charge in [0.05, 0.1) is 12.1 Å². The first-order chi connectivity index (χ1) is 14.5. The molecule has 3 atom stereocenters. The lowest BCUT2D eigenvalue weighted by Crippen LogP contribution is -2.43. The predicted molar refractivity (Wildman–Crippen MR) is 121 cm³/mol. The molecule has 1 fully saturated rings. The fraction of sp³-hybridized carbons (Fsp3) is 0.440. The maximum absolute atomic E-state index is 6.53. The van der Waals surface area contributed by atoms with Crippen LogP contribution in [0.2, 0.25) is 0 Å². The lowest BCUT2D eigenvalue weighted by atomic mass is 9.72. The van der Waals surface area contributed by atoms with Crippen LogP contribution in [0.5, 0.6) is 0 Å². The van der Waals surface area contributed by atoms with Gasteiger partial charge in [-0.25, -0.2) is 4.99 Å². The lowest BCUT2D eigenvalue weighted by molar-refractivity contribution is 0.228. The molecule has 156 valence electrons. The summed E-state index contributed by atoms with van der Waals surface area (Å²) in [6.07, 6.45) is 17.3. The van der Waals surface area contributed by atoms with Crippen LogP contribution in [-0.2, 0) is 10.3 Å². The Morgan fingerprint density at radius 2 is 1.97 bits per heavy atom. The number of benzene rings is 1. The number of fused-ring (bicyclic) bond motifs is 1. The molecule has 5 heteroatoms. The first kappa shape index (κ1) is 19.3. The normalized spacial score (nSPS) is 28.8. The van der Waals surface area contributed by atoms with E-state index >= 15 is 0 Å².